The van der Waals surface area contributed by atoms with E-state index in [9.17, 15) is 18.3 Å². The van der Waals surface area contributed by atoms with Crippen molar-refractivity contribution >= 4 is 16.0 Å². The number of hydrogen-bond acceptors (Lipinski definition) is 5. The summed E-state index contributed by atoms with van der Waals surface area (Å²) in [4.78, 5) is 11.3. The van der Waals surface area contributed by atoms with Crippen LogP contribution in [0.25, 0.3) is 0 Å². The lowest BCUT2D eigenvalue weighted by atomic mass is 9.97. The summed E-state index contributed by atoms with van der Waals surface area (Å²) in [5, 5.41) is 8.63. The highest BCUT2D eigenvalue weighted by Gasteiger charge is 2.40. The molecular weight excluding hydrogens is 246 g/mol. The van der Waals surface area contributed by atoms with E-state index in [-0.39, 0.29) is 6.54 Å². The summed E-state index contributed by atoms with van der Waals surface area (Å²) in [5.74, 6) is -0.782. The van der Waals surface area contributed by atoms with Crippen LogP contribution < -0.4 is 0 Å². The summed E-state index contributed by atoms with van der Waals surface area (Å²) >= 11 is 0. The summed E-state index contributed by atoms with van der Waals surface area (Å²) < 4.78 is 29.8. The van der Waals surface area contributed by atoms with Crippen LogP contribution >= 0.6 is 0 Å². The van der Waals surface area contributed by atoms with Crippen molar-refractivity contribution < 1.29 is 23.1 Å². The molecule has 0 bridgehead atoms. The number of esters is 1. The molecule has 1 fully saturated rings. The second-order valence-electron chi connectivity index (χ2n) is 4.64. The van der Waals surface area contributed by atoms with Gasteiger partial charge in [0.15, 0.2) is 5.25 Å². The van der Waals surface area contributed by atoms with Crippen LogP contribution in [0.2, 0.25) is 0 Å². The maximum Gasteiger partial charge on any atom is 0.325 e. The molecule has 100 valence electrons. The molecule has 1 saturated heterocycles. The number of hydrogen-bond donors (Lipinski definition) is 1. The Morgan fingerprint density at radius 1 is 1.53 bits per heavy atom. The second-order valence-corrected chi connectivity index (χ2v) is 6.90. The van der Waals surface area contributed by atoms with E-state index in [0.717, 1.165) is 11.4 Å². The molecule has 0 amide bonds. The number of carbonyl (C=O) groups is 1. The van der Waals surface area contributed by atoms with Gasteiger partial charge in [-0.25, -0.2) is 8.42 Å². The van der Waals surface area contributed by atoms with Crippen molar-refractivity contribution in [3.63, 3.8) is 0 Å². The minimum absolute atomic E-state index is 0.0245. The van der Waals surface area contributed by atoms with Crippen molar-refractivity contribution in [3.05, 3.63) is 0 Å². The van der Waals surface area contributed by atoms with E-state index in [1.165, 1.54) is 6.92 Å². The number of ether oxygens (including phenoxy) is 1. The van der Waals surface area contributed by atoms with Gasteiger partial charge < -0.3 is 9.84 Å². The van der Waals surface area contributed by atoms with Crippen LogP contribution in [-0.4, -0.2) is 54.8 Å². The highest BCUT2D eigenvalue weighted by Crippen LogP contribution is 2.24. The number of carbonyl (C=O) groups excluding carboxylic acids is 1. The molecule has 2 unspecified atom stereocenters. The number of nitrogens with zero attached hydrogens (tertiary/aromatic N) is 1. The van der Waals surface area contributed by atoms with Crippen LogP contribution in [0.15, 0.2) is 0 Å². The molecule has 1 rings (SSSR count). The quantitative estimate of drug-likeness (QED) is 0.710. The average Bonchev–Trinajstić information content (AvgIpc) is 2.25. The minimum atomic E-state index is -3.75. The molecule has 0 radical (unpaired) electrons. The van der Waals surface area contributed by atoms with Gasteiger partial charge in [-0.1, -0.05) is 0 Å². The maximum absolute atomic E-state index is 12.1. The lowest BCUT2D eigenvalue weighted by Crippen LogP contribution is -2.52. The van der Waals surface area contributed by atoms with E-state index >= 15 is 0 Å². The molecule has 7 heteroatoms. The molecule has 0 aliphatic carbocycles. The third-order valence-electron chi connectivity index (χ3n) is 2.98. The van der Waals surface area contributed by atoms with Crippen LogP contribution in [0.3, 0.4) is 0 Å². The average molecular weight is 265 g/mol. The number of aliphatic hydroxyl groups is 1. The van der Waals surface area contributed by atoms with Gasteiger partial charge in [0, 0.05) is 13.1 Å². The summed E-state index contributed by atoms with van der Waals surface area (Å²) in [6, 6.07) is 0. The van der Waals surface area contributed by atoms with Crippen molar-refractivity contribution in [1.82, 2.24) is 4.31 Å². The highest BCUT2D eigenvalue weighted by atomic mass is 32.2. The molecule has 2 atom stereocenters. The summed E-state index contributed by atoms with van der Waals surface area (Å²) in [7, 11) is -2.59. The van der Waals surface area contributed by atoms with Gasteiger partial charge >= 0.3 is 5.97 Å². The molecular formula is C10H19NO5S. The maximum atomic E-state index is 12.1. The van der Waals surface area contributed by atoms with Crippen LogP contribution in [-0.2, 0) is 19.6 Å². The van der Waals surface area contributed by atoms with E-state index in [4.69, 9.17) is 0 Å². The topological polar surface area (TPSA) is 83.9 Å². The lowest BCUT2D eigenvalue weighted by Gasteiger charge is -2.36. The lowest BCUT2D eigenvalue weighted by molar-refractivity contribution is -0.139. The minimum Gasteiger partial charge on any atom is -0.468 e. The SMILES string of the molecule is COC(=O)C(C)S(=O)(=O)N1CCCC(C)(O)C1. The molecule has 0 aromatic heterocycles. The molecule has 0 saturated carbocycles. The number of sulfonamides is 1. The van der Waals surface area contributed by atoms with Crippen molar-refractivity contribution in [1.29, 1.82) is 0 Å². The third kappa shape index (κ3) is 3.17. The van der Waals surface area contributed by atoms with E-state index in [0.29, 0.717) is 19.4 Å². The number of rotatable bonds is 3. The molecule has 17 heavy (non-hydrogen) atoms. The largest absolute Gasteiger partial charge is 0.468 e. The smallest absolute Gasteiger partial charge is 0.325 e. The Bertz CT molecular complexity index is 390. The number of β-amino-alcohol motifs (C(OH)–C–C–N with tert-alkyl or cyclic N) is 1. The summed E-state index contributed by atoms with van der Waals surface area (Å²) in [6.07, 6.45) is 1.14. The van der Waals surface area contributed by atoms with Crippen LogP contribution in [0.4, 0.5) is 0 Å². The van der Waals surface area contributed by atoms with Crippen LogP contribution in [0, 0.1) is 0 Å². The molecule has 1 N–H and O–H groups in total. The number of piperidine rings is 1. The Hall–Kier alpha value is -0.660. The number of methoxy groups -OCH3 is 1. The van der Waals surface area contributed by atoms with E-state index in [1.54, 1.807) is 6.92 Å². The molecule has 0 aromatic carbocycles. The van der Waals surface area contributed by atoms with Gasteiger partial charge in [0.05, 0.1) is 12.7 Å². The van der Waals surface area contributed by atoms with E-state index in [1.807, 2.05) is 0 Å². The van der Waals surface area contributed by atoms with E-state index in [2.05, 4.69) is 4.74 Å². The normalized spacial score (nSPS) is 28.7. The standard InChI is InChI=1S/C10H19NO5S/c1-8(9(12)16-3)17(14,15)11-6-4-5-10(2,13)7-11/h8,13H,4-7H2,1-3H3. The fraction of sp³-hybridized carbons (Fsp3) is 0.900. The fourth-order valence-corrected chi connectivity index (χ4v) is 3.53. The third-order valence-corrected chi connectivity index (χ3v) is 5.10. The molecule has 1 aliphatic heterocycles. The van der Waals surface area contributed by atoms with Gasteiger partial charge in [-0.3, -0.25) is 4.79 Å². The van der Waals surface area contributed by atoms with E-state index < -0.39 is 26.8 Å². The first kappa shape index (κ1) is 14.4. The first-order valence-corrected chi connectivity index (χ1v) is 7.00. The zero-order valence-corrected chi connectivity index (χ0v) is 11.2. The molecule has 1 heterocycles. The van der Waals surface area contributed by atoms with Crippen LogP contribution in [0.1, 0.15) is 26.7 Å². The second kappa shape index (κ2) is 4.91. The summed E-state index contributed by atoms with van der Waals surface area (Å²) in [5.41, 5.74) is -1.03. The monoisotopic (exact) mass is 265 g/mol. The van der Waals surface area contributed by atoms with Crippen molar-refractivity contribution in [2.24, 2.45) is 0 Å². The Labute approximate surface area is 102 Å². The van der Waals surface area contributed by atoms with Crippen molar-refractivity contribution in [2.75, 3.05) is 20.2 Å². The first-order chi connectivity index (χ1) is 7.70. The zero-order valence-electron chi connectivity index (χ0n) is 10.3. The zero-order chi connectivity index (χ0) is 13.3. The fourth-order valence-electron chi connectivity index (χ4n) is 1.90. The molecule has 0 aromatic rings. The van der Waals surface area contributed by atoms with Gasteiger partial charge in [-0.15, -0.1) is 0 Å². The summed E-state index contributed by atoms with van der Waals surface area (Å²) in [6.45, 7) is 3.25. The Morgan fingerprint density at radius 3 is 2.59 bits per heavy atom. The van der Waals surface area contributed by atoms with Gasteiger partial charge in [-0.05, 0) is 26.7 Å². The molecule has 0 spiro atoms. The predicted octanol–water partition coefficient (Wildman–Crippen LogP) is -0.275. The van der Waals surface area contributed by atoms with Crippen LogP contribution in [0.5, 0.6) is 0 Å². The Balaban J connectivity index is 2.87. The van der Waals surface area contributed by atoms with Crippen molar-refractivity contribution in [2.45, 2.75) is 37.5 Å². The van der Waals surface area contributed by atoms with Crippen molar-refractivity contribution in [3.8, 4) is 0 Å². The van der Waals surface area contributed by atoms with Gasteiger partial charge in [-0.2, -0.15) is 4.31 Å². The Kier molecular flexibility index (Phi) is 4.16. The highest BCUT2D eigenvalue weighted by molar-refractivity contribution is 7.90. The molecule has 1 aliphatic rings. The first-order valence-electron chi connectivity index (χ1n) is 5.50. The van der Waals surface area contributed by atoms with Gasteiger partial charge in [0.2, 0.25) is 10.0 Å². The predicted molar refractivity (Wildman–Crippen MR) is 61.8 cm³/mol. The molecule has 6 nitrogen and oxygen atoms in total. The van der Waals surface area contributed by atoms with Gasteiger partial charge in [0.1, 0.15) is 0 Å². The van der Waals surface area contributed by atoms with Gasteiger partial charge in [0.25, 0.3) is 0 Å². The Morgan fingerprint density at radius 2 is 2.12 bits per heavy atom.